The van der Waals surface area contributed by atoms with Gasteiger partial charge in [-0.05, 0) is 19.3 Å². The predicted octanol–water partition coefficient (Wildman–Crippen LogP) is 9.40. The SMILES string of the molecule is CCCCCCCCCCCCCC(CCCCCCCC)SC(CC)C(=O)O. The molecule has 0 aromatic heterocycles. The van der Waals surface area contributed by atoms with Gasteiger partial charge in [0.25, 0.3) is 0 Å². The van der Waals surface area contributed by atoms with Crippen molar-refractivity contribution in [2.45, 2.75) is 160 Å². The summed E-state index contributed by atoms with van der Waals surface area (Å²) in [5, 5.41) is 9.76. The maximum absolute atomic E-state index is 11.5. The average Bonchev–Trinajstić information content (AvgIpc) is 2.71. The minimum atomic E-state index is -0.621. The summed E-state index contributed by atoms with van der Waals surface area (Å²) in [5.41, 5.74) is 0. The first-order valence-electron chi connectivity index (χ1n) is 13.0. The number of carbonyl (C=O) groups is 1. The molecule has 0 saturated carbocycles. The second-order valence-electron chi connectivity index (χ2n) is 8.87. The molecular formula is C26H52O2S. The van der Waals surface area contributed by atoms with Crippen LogP contribution in [0.3, 0.4) is 0 Å². The molecule has 0 aromatic carbocycles. The molecule has 0 heterocycles. The van der Waals surface area contributed by atoms with Gasteiger partial charge >= 0.3 is 5.97 Å². The fraction of sp³-hybridized carbons (Fsp3) is 0.962. The molecule has 174 valence electrons. The molecule has 0 amide bonds. The molecule has 0 aliphatic rings. The second-order valence-corrected chi connectivity index (χ2v) is 10.4. The van der Waals surface area contributed by atoms with E-state index in [0.717, 1.165) is 6.42 Å². The molecule has 0 aliphatic heterocycles. The Morgan fingerprint density at radius 3 is 1.28 bits per heavy atom. The van der Waals surface area contributed by atoms with Crippen molar-refractivity contribution in [2.24, 2.45) is 0 Å². The summed E-state index contributed by atoms with van der Waals surface area (Å²) in [7, 11) is 0. The molecule has 0 saturated heterocycles. The molecule has 0 rings (SSSR count). The van der Waals surface area contributed by atoms with Gasteiger partial charge < -0.3 is 5.11 Å². The van der Waals surface area contributed by atoms with E-state index in [1.54, 1.807) is 11.8 Å². The molecule has 0 aromatic rings. The molecule has 1 N–H and O–H groups in total. The lowest BCUT2D eigenvalue weighted by atomic mass is 10.0. The fourth-order valence-electron chi connectivity index (χ4n) is 4.03. The van der Waals surface area contributed by atoms with E-state index in [-0.39, 0.29) is 5.25 Å². The highest BCUT2D eigenvalue weighted by Gasteiger charge is 2.21. The predicted molar refractivity (Wildman–Crippen MR) is 132 cm³/mol. The van der Waals surface area contributed by atoms with Crippen LogP contribution in [0.5, 0.6) is 0 Å². The molecule has 2 atom stereocenters. The van der Waals surface area contributed by atoms with E-state index in [1.807, 2.05) is 6.92 Å². The monoisotopic (exact) mass is 428 g/mol. The highest BCUT2D eigenvalue weighted by molar-refractivity contribution is 8.01. The van der Waals surface area contributed by atoms with Crippen molar-refractivity contribution < 1.29 is 9.90 Å². The average molecular weight is 429 g/mol. The first-order chi connectivity index (χ1) is 14.2. The quantitative estimate of drug-likeness (QED) is 0.165. The van der Waals surface area contributed by atoms with Crippen LogP contribution in [-0.2, 0) is 4.79 Å². The zero-order valence-electron chi connectivity index (χ0n) is 20.1. The van der Waals surface area contributed by atoms with Crippen molar-refractivity contribution in [3.8, 4) is 0 Å². The number of carboxylic acid groups (broad SMARTS) is 1. The van der Waals surface area contributed by atoms with E-state index in [4.69, 9.17) is 0 Å². The van der Waals surface area contributed by atoms with Crippen molar-refractivity contribution in [2.75, 3.05) is 0 Å². The van der Waals surface area contributed by atoms with Gasteiger partial charge in [0.05, 0.1) is 0 Å². The highest BCUT2D eigenvalue weighted by atomic mass is 32.2. The Kier molecular flexibility index (Phi) is 22.4. The van der Waals surface area contributed by atoms with Gasteiger partial charge in [0.2, 0.25) is 0 Å². The van der Waals surface area contributed by atoms with Crippen LogP contribution in [0.2, 0.25) is 0 Å². The minimum absolute atomic E-state index is 0.215. The van der Waals surface area contributed by atoms with Crippen LogP contribution in [-0.4, -0.2) is 21.6 Å². The Balaban J connectivity index is 3.90. The van der Waals surface area contributed by atoms with Gasteiger partial charge in [-0.2, -0.15) is 0 Å². The highest BCUT2D eigenvalue weighted by Crippen LogP contribution is 2.29. The topological polar surface area (TPSA) is 37.3 Å². The molecule has 0 aliphatic carbocycles. The Morgan fingerprint density at radius 1 is 0.621 bits per heavy atom. The van der Waals surface area contributed by atoms with Gasteiger partial charge in [-0.15, -0.1) is 11.8 Å². The summed E-state index contributed by atoms with van der Waals surface area (Å²) in [6.45, 7) is 6.55. The molecule has 0 radical (unpaired) electrons. The van der Waals surface area contributed by atoms with Gasteiger partial charge in [-0.3, -0.25) is 4.79 Å². The zero-order chi connectivity index (χ0) is 21.6. The van der Waals surface area contributed by atoms with Gasteiger partial charge in [-0.1, -0.05) is 130 Å². The van der Waals surface area contributed by atoms with Crippen LogP contribution in [0.1, 0.15) is 149 Å². The van der Waals surface area contributed by atoms with Crippen LogP contribution >= 0.6 is 11.8 Å². The minimum Gasteiger partial charge on any atom is -0.480 e. The third kappa shape index (κ3) is 19.5. The molecule has 2 nitrogen and oxygen atoms in total. The number of unbranched alkanes of at least 4 members (excludes halogenated alkanes) is 15. The third-order valence-electron chi connectivity index (χ3n) is 6.01. The Labute approximate surface area is 187 Å². The van der Waals surface area contributed by atoms with Gasteiger partial charge in [0, 0.05) is 5.25 Å². The molecule has 29 heavy (non-hydrogen) atoms. The number of thioether (sulfide) groups is 1. The summed E-state index contributed by atoms with van der Waals surface area (Å²) in [6, 6.07) is 0. The van der Waals surface area contributed by atoms with Crippen LogP contribution < -0.4 is 0 Å². The van der Waals surface area contributed by atoms with Crippen molar-refractivity contribution in [3.63, 3.8) is 0 Å². The van der Waals surface area contributed by atoms with E-state index < -0.39 is 5.97 Å². The zero-order valence-corrected chi connectivity index (χ0v) is 20.9. The van der Waals surface area contributed by atoms with E-state index in [9.17, 15) is 9.90 Å². The lowest BCUT2D eigenvalue weighted by Gasteiger charge is -2.20. The van der Waals surface area contributed by atoms with Gasteiger partial charge in [0.1, 0.15) is 5.25 Å². The molecule has 3 heteroatoms. The van der Waals surface area contributed by atoms with Crippen molar-refractivity contribution in [1.29, 1.82) is 0 Å². The third-order valence-corrected chi connectivity index (χ3v) is 7.73. The maximum Gasteiger partial charge on any atom is 0.316 e. The number of carboxylic acids is 1. The van der Waals surface area contributed by atoms with Crippen molar-refractivity contribution >= 4 is 17.7 Å². The number of aliphatic carboxylic acids is 1. The van der Waals surface area contributed by atoms with E-state index in [0.29, 0.717) is 5.25 Å². The van der Waals surface area contributed by atoms with Crippen LogP contribution in [0, 0.1) is 0 Å². The lowest BCUT2D eigenvalue weighted by molar-refractivity contribution is -0.136. The van der Waals surface area contributed by atoms with Gasteiger partial charge in [-0.25, -0.2) is 0 Å². The van der Waals surface area contributed by atoms with Crippen molar-refractivity contribution in [1.82, 2.24) is 0 Å². The second kappa shape index (κ2) is 22.5. The maximum atomic E-state index is 11.5. The first-order valence-corrected chi connectivity index (χ1v) is 14.0. The Bertz CT molecular complexity index is 346. The Morgan fingerprint density at radius 2 is 0.966 bits per heavy atom. The van der Waals surface area contributed by atoms with Crippen molar-refractivity contribution in [3.05, 3.63) is 0 Å². The smallest absolute Gasteiger partial charge is 0.316 e. The first kappa shape index (κ1) is 28.8. The Hall–Kier alpha value is -0.180. The molecule has 0 bridgehead atoms. The largest absolute Gasteiger partial charge is 0.480 e. The van der Waals surface area contributed by atoms with E-state index in [1.165, 1.54) is 122 Å². The normalized spacial score (nSPS) is 13.5. The van der Waals surface area contributed by atoms with E-state index in [2.05, 4.69) is 13.8 Å². The number of rotatable bonds is 23. The van der Waals surface area contributed by atoms with Crippen LogP contribution in [0.15, 0.2) is 0 Å². The number of hydrogen-bond acceptors (Lipinski definition) is 2. The number of hydrogen-bond donors (Lipinski definition) is 1. The van der Waals surface area contributed by atoms with Crippen LogP contribution in [0.25, 0.3) is 0 Å². The molecular weight excluding hydrogens is 376 g/mol. The lowest BCUT2D eigenvalue weighted by Crippen LogP contribution is -2.19. The van der Waals surface area contributed by atoms with Crippen LogP contribution in [0.4, 0.5) is 0 Å². The summed E-state index contributed by atoms with van der Waals surface area (Å²) >= 11 is 1.75. The fourth-order valence-corrected chi connectivity index (χ4v) is 5.41. The molecule has 0 fully saturated rings. The standard InChI is InChI=1S/C26H52O2S/c1-4-7-9-11-13-14-15-16-17-19-21-23-24(29-25(6-3)26(27)28)22-20-18-12-10-8-5-2/h24-25H,4-23H2,1-3H3,(H,27,28). The van der Waals surface area contributed by atoms with Gasteiger partial charge in [0.15, 0.2) is 0 Å². The molecule has 0 spiro atoms. The summed E-state index contributed by atoms with van der Waals surface area (Å²) < 4.78 is 0. The summed E-state index contributed by atoms with van der Waals surface area (Å²) in [4.78, 5) is 11.5. The summed E-state index contributed by atoms with van der Waals surface area (Å²) in [5.74, 6) is -0.621. The van der Waals surface area contributed by atoms with E-state index >= 15 is 0 Å². The summed E-state index contributed by atoms with van der Waals surface area (Å²) in [6.07, 6.45) is 26.3. The molecule has 2 unspecified atom stereocenters.